The van der Waals surface area contributed by atoms with Crippen LogP contribution in [0.1, 0.15) is 40.5 Å². The molecule has 1 atom stereocenters. The van der Waals surface area contributed by atoms with Crippen molar-refractivity contribution in [3.8, 4) is 0 Å². The molecular formula is C20H19N3O3. The molecule has 0 radical (unpaired) electrons. The molecule has 2 aromatic carbocycles. The molecule has 2 amide bonds. The van der Waals surface area contributed by atoms with Gasteiger partial charge in [-0.25, -0.2) is 0 Å². The van der Waals surface area contributed by atoms with E-state index in [0.717, 1.165) is 25.1 Å². The van der Waals surface area contributed by atoms with Crippen LogP contribution in [-0.4, -0.2) is 30.2 Å². The Labute approximate surface area is 151 Å². The Balaban J connectivity index is 1.55. The number of hydrogen-bond acceptors (Lipinski definition) is 4. The zero-order chi connectivity index (χ0) is 18.3. The van der Waals surface area contributed by atoms with Crippen LogP contribution in [0.4, 0.5) is 17.1 Å². The van der Waals surface area contributed by atoms with Gasteiger partial charge in [0.25, 0.3) is 5.91 Å². The van der Waals surface area contributed by atoms with Crippen LogP contribution in [-0.2, 0) is 4.79 Å². The van der Waals surface area contributed by atoms with Crippen LogP contribution in [0.5, 0.6) is 0 Å². The van der Waals surface area contributed by atoms with E-state index < -0.39 is 0 Å². The fourth-order valence-corrected chi connectivity index (χ4v) is 3.56. The highest BCUT2D eigenvalue weighted by molar-refractivity contribution is 6.09. The number of rotatable bonds is 3. The largest absolute Gasteiger partial charge is 0.358 e. The average Bonchev–Trinajstić information content (AvgIpc) is 3.12. The molecule has 0 saturated carbocycles. The van der Waals surface area contributed by atoms with Gasteiger partial charge in [0.15, 0.2) is 5.78 Å². The lowest BCUT2D eigenvalue weighted by molar-refractivity contribution is -0.117. The Bertz CT molecular complexity index is 905. The molecule has 2 N–H and O–H groups in total. The van der Waals surface area contributed by atoms with Crippen molar-refractivity contribution >= 4 is 34.7 Å². The Morgan fingerprint density at radius 1 is 1.12 bits per heavy atom. The number of hydrogen-bond donors (Lipinski definition) is 2. The zero-order valence-electron chi connectivity index (χ0n) is 14.4. The van der Waals surface area contributed by atoms with Crippen LogP contribution in [0.3, 0.4) is 0 Å². The number of fused-ring (bicyclic) bond motifs is 3. The molecule has 2 aliphatic rings. The van der Waals surface area contributed by atoms with Gasteiger partial charge in [-0.1, -0.05) is 0 Å². The van der Waals surface area contributed by atoms with Gasteiger partial charge in [-0.2, -0.15) is 0 Å². The maximum absolute atomic E-state index is 12.5. The molecule has 4 rings (SSSR count). The van der Waals surface area contributed by atoms with Crippen LogP contribution < -0.4 is 15.5 Å². The first-order valence-corrected chi connectivity index (χ1v) is 8.67. The third-order valence-electron chi connectivity index (χ3n) is 4.93. The van der Waals surface area contributed by atoms with Gasteiger partial charge in [-0.05, 0) is 62.2 Å². The fraction of sp³-hybridized carbons (Fsp3) is 0.250. The van der Waals surface area contributed by atoms with Gasteiger partial charge in [-0.15, -0.1) is 0 Å². The summed E-state index contributed by atoms with van der Waals surface area (Å²) >= 11 is 0. The molecule has 0 aliphatic carbocycles. The summed E-state index contributed by atoms with van der Waals surface area (Å²) in [6.45, 7) is 2.36. The molecule has 26 heavy (non-hydrogen) atoms. The maximum atomic E-state index is 12.5. The number of nitrogens with one attached hydrogen (secondary N) is 2. The smallest absolute Gasteiger partial charge is 0.255 e. The van der Waals surface area contributed by atoms with E-state index in [1.165, 1.54) is 6.92 Å². The number of Topliss-reactive ketones (excluding diaryl/α,β-unsaturated/α-hetero) is 1. The van der Waals surface area contributed by atoms with Crippen LogP contribution >= 0.6 is 0 Å². The molecule has 6 nitrogen and oxygen atoms in total. The first-order chi connectivity index (χ1) is 12.5. The summed E-state index contributed by atoms with van der Waals surface area (Å²) in [5.41, 5.74) is 3.32. The highest BCUT2D eigenvalue weighted by Gasteiger charge is 2.36. The molecule has 0 unspecified atom stereocenters. The van der Waals surface area contributed by atoms with Gasteiger partial charge in [0.1, 0.15) is 6.04 Å². The van der Waals surface area contributed by atoms with Gasteiger partial charge < -0.3 is 15.5 Å². The summed E-state index contributed by atoms with van der Waals surface area (Å²) < 4.78 is 0. The van der Waals surface area contributed by atoms with Crippen molar-refractivity contribution in [2.45, 2.75) is 25.8 Å². The van der Waals surface area contributed by atoms with Crippen molar-refractivity contribution in [2.75, 3.05) is 22.1 Å². The first-order valence-electron chi connectivity index (χ1n) is 8.67. The van der Waals surface area contributed by atoms with E-state index in [9.17, 15) is 14.4 Å². The number of amides is 2. The minimum absolute atomic E-state index is 0.00706. The molecular weight excluding hydrogens is 330 g/mol. The third kappa shape index (κ3) is 2.83. The molecule has 1 fully saturated rings. The van der Waals surface area contributed by atoms with Crippen LogP contribution in [0.25, 0.3) is 0 Å². The minimum atomic E-state index is -0.263. The topological polar surface area (TPSA) is 78.5 Å². The van der Waals surface area contributed by atoms with Gasteiger partial charge in [0, 0.05) is 23.4 Å². The van der Waals surface area contributed by atoms with E-state index in [4.69, 9.17) is 0 Å². The van der Waals surface area contributed by atoms with Crippen molar-refractivity contribution in [2.24, 2.45) is 0 Å². The number of anilines is 3. The predicted octanol–water partition coefficient (Wildman–Crippen LogP) is 3.06. The summed E-state index contributed by atoms with van der Waals surface area (Å²) in [5.74, 6) is -0.290. The van der Waals surface area contributed by atoms with E-state index in [2.05, 4.69) is 15.5 Å². The monoisotopic (exact) mass is 349 g/mol. The Kier molecular flexibility index (Phi) is 3.95. The summed E-state index contributed by atoms with van der Waals surface area (Å²) in [5, 5.41) is 5.72. The third-order valence-corrected chi connectivity index (χ3v) is 4.93. The van der Waals surface area contributed by atoms with Crippen LogP contribution in [0.15, 0.2) is 42.5 Å². The van der Waals surface area contributed by atoms with Crippen molar-refractivity contribution < 1.29 is 14.4 Å². The van der Waals surface area contributed by atoms with Gasteiger partial charge in [0.2, 0.25) is 5.91 Å². The van der Waals surface area contributed by atoms with Gasteiger partial charge in [-0.3, -0.25) is 14.4 Å². The first kappa shape index (κ1) is 16.3. The van der Waals surface area contributed by atoms with Crippen molar-refractivity contribution in [1.82, 2.24) is 0 Å². The molecule has 132 valence electrons. The van der Waals surface area contributed by atoms with E-state index in [-0.39, 0.29) is 23.6 Å². The number of nitrogens with zero attached hydrogens (tertiary/aromatic N) is 1. The molecule has 2 heterocycles. The summed E-state index contributed by atoms with van der Waals surface area (Å²) in [4.78, 5) is 38.2. The second kappa shape index (κ2) is 6.29. The minimum Gasteiger partial charge on any atom is -0.358 e. The lowest BCUT2D eigenvalue weighted by Crippen LogP contribution is -2.43. The van der Waals surface area contributed by atoms with E-state index in [0.29, 0.717) is 22.5 Å². The van der Waals surface area contributed by atoms with Gasteiger partial charge in [0.05, 0.1) is 11.4 Å². The Morgan fingerprint density at radius 3 is 2.58 bits per heavy atom. The summed E-state index contributed by atoms with van der Waals surface area (Å²) in [7, 11) is 0. The lowest BCUT2D eigenvalue weighted by atomic mass is 10.1. The SMILES string of the molecule is CC(=O)c1ccc(NC(=O)c2ccc3c(c2)NC(=O)[C@H]2CCCN32)cc1. The second-order valence-electron chi connectivity index (χ2n) is 6.66. The Morgan fingerprint density at radius 2 is 1.85 bits per heavy atom. The number of ketones is 1. The molecule has 0 bridgehead atoms. The van der Waals surface area contributed by atoms with Crippen LogP contribution in [0, 0.1) is 0 Å². The number of carbonyl (C=O) groups excluding carboxylic acids is 3. The molecule has 0 aromatic heterocycles. The summed E-state index contributed by atoms with van der Waals surface area (Å²) in [6.07, 6.45) is 1.86. The summed E-state index contributed by atoms with van der Waals surface area (Å²) in [6, 6.07) is 12.0. The average molecular weight is 349 g/mol. The maximum Gasteiger partial charge on any atom is 0.255 e. The Hall–Kier alpha value is -3.15. The van der Waals surface area contributed by atoms with E-state index >= 15 is 0 Å². The van der Waals surface area contributed by atoms with Crippen molar-refractivity contribution in [3.63, 3.8) is 0 Å². The highest BCUT2D eigenvalue weighted by atomic mass is 16.2. The molecule has 6 heteroatoms. The standard InChI is InChI=1S/C20H19N3O3/c1-12(24)13-4-7-15(8-5-13)21-19(25)14-6-9-17-16(11-14)22-20(26)18-3-2-10-23(17)18/h4-9,11,18H,2-3,10H2,1H3,(H,21,25)(H,22,26)/t18-/m1/s1. The molecule has 2 aromatic rings. The van der Waals surface area contributed by atoms with Gasteiger partial charge >= 0.3 is 0 Å². The van der Waals surface area contributed by atoms with Crippen LogP contribution in [0.2, 0.25) is 0 Å². The fourth-order valence-electron chi connectivity index (χ4n) is 3.56. The van der Waals surface area contributed by atoms with E-state index in [1.54, 1.807) is 36.4 Å². The predicted molar refractivity (Wildman–Crippen MR) is 99.8 cm³/mol. The molecule has 2 aliphatic heterocycles. The number of benzene rings is 2. The normalized spacial score (nSPS) is 18.0. The quantitative estimate of drug-likeness (QED) is 0.835. The second-order valence-corrected chi connectivity index (χ2v) is 6.66. The number of carbonyl (C=O) groups is 3. The van der Waals surface area contributed by atoms with Crippen molar-refractivity contribution in [1.29, 1.82) is 0 Å². The molecule has 1 saturated heterocycles. The van der Waals surface area contributed by atoms with E-state index in [1.807, 2.05) is 6.07 Å². The lowest BCUT2D eigenvalue weighted by Gasteiger charge is -2.33. The molecule has 0 spiro atoms. The zero-order valence-corrected chi connectivity index (χ0v) is 14.4. The van der Waals surface area contributed by atoms with Crippen molar-refractivity contribution in [3.05, 3.63) is 53.6 Å². The highest BCUT2D eigenvalue weighted by Crippen LogP contribution is 2.37.